The number of halogens is 1. The number of nitrogens with one attached hydrogen (secondary N) is 1. The monoisotopic (exact) mass is 474 g/mol. The highest BCUT2D eigenvalue weighted by atomic mass is 19.1. The molecule has 1 saturated heterocycles. The van der Waals surface area contributed by atoms with Gasteiger partial charge in [-0.2, -0.15) is 0 Å². The standard InChI is InChI=1S/C27H31FN6O/c1-32(2)14-15-35-22-7-8-23(25(28)16-22)24-5-3-4-20-17-30-19-34(27(20)24)21-6-9-26(31-18-21)33-12-10-29-11-13-33/h3-9,16-18,29H,10-15,19H2,1-2H3. The van der Waals surface area contributed by atoms with Crippen LogP contribution in [0, 0.1) is 5.82 Å². The number of nitrogens with zero attached hydrogens (tertiary/aromatic N) is 5. The van der Waals surface area contributed by atoms with E-state index >= 15 is 4.39 Å². The predicted octanol–water partition coefficient (Wildman–Crippen LogP) is 3.77. The summed E-state index contributed by atoms with van der Waals surface area (Å²) in [5.41, 5.74) is 4.16. The van der Waals surface area contributed by atoms with Crippen LogP contribution in [0.5, 0.6) is 5.75 Å². The Labute approximate surface area is 205 Å². The van der Waals surface area contributed by atoms with E-state index in [2.05, 4.69) is 32.2 Å². The van der Waals surface area contributed by atoms with Gasteiger partial charge in [-0.3, -0.25) is 4.99 Å². The number of hydrogen-bond donors (Lipinski definition) is 1. The smallest absolute Gasteiger partial charge is 0.134 e. The molecule has 7 nitrogen and oxygen atoms in total. The lowest BCUT2D eigenvalue weighted by Crippen LogP contribution is -2.43. The summed E-state index contributed by atoms with van der Waals surface area (Å²) in [4.78, 5) is 15.7. The number of para-hydroxylation sites is 1. The maximum atomic E-state index is 15.3. The van der Waals surface area contributed by atoms with Gasteiger partial charge in [0.1, 0.15) is 30.7 Å². The molecule has 0 atom stereocenters. The normalized spacial score (nSPS) is 15.4. The van der Waals surface area contributed by atoms with Gasteiger partial charge >= 0.3 is 0 Å². The number of aliphatic imine (C=N–C) groups is 1. The summed E-state index contributed by atoms with van der Waals surface area (Å²) in [6, 6.07) is 15.1. The summed E-state index contributed by atoms with van der Waals surface area (Å²) in [5.74, 6) is 1.19. The van der Waals surface area contributed by atoms with Crippen molar-refractivity contribution in [3.8, 4) is 16.9 Å². The quantitative estimate of drug-likeness (QED) is 0.563. The van der Waals surface area contributed by atoms with Crippen LogP contribution in [-0.2, 0) is 0 Å². The number of hydrogen-bond acceptors (Lipinski definition) is 7. The second kappa shape index (κ2) is 10.4. The van der Waals surface area contributed by atoms with Crippen LogP contribution in [0.4, 0.5) is 21.6 Å². The van der Waals surface area contributed by atoms with Crippen LogP contribution in [0.2, 0.25) is 0 Å². The Morgan fingerprint density at radius 3 is 2.66 bits per heavy atom. The van der Waals surface area contributed by atoms with Crippen molar-refractivity contribution >= 4 is 23.4 Å². The van der Waals surface area contributed by atoms with Gasteiger partial charge in [-0.25, -0.2) is 9.37 Å². The molecule has 1 fully saturated rings. The Balaban J connectivity index is 1.44. The van der Waals surface area contributed by atoms with E-state index in [0.717, 1.165) is 61.0 Å². The summed E-state index contributed by atoms with van der Waals surface area (Å²) in [7, 11) is 3.96. The molecule has 0 aliphatic carbocycles. The summed E-state index contributed by atoms with van der Waals surface area (Å²) in [6.07, 6.45) is 3.74. The molecule has 3 heterocycles. The number of rotatable bonds is 7. The molecule has 182 valence electrons. The molecular formula is C27H31FN6O. The van der Waals surface area contributed by atoms with Gasteiger partial charge in [0.2, 0.25) is 0 Å². The average Bonchev–Trinajstić information content (AvgIpc) is 2.89. The second-order valence-corrected chi connectivity index (χ2v) is 9.03. The third-order valence-electron chi connectivity index (χ3n) is 6.31. The van der Waals surface area contributed by atoms with E-state index < -0.39 is 0 Å². The molecule has 0 amide bonds. The van der Waals surface area contributed by atoms with Gasteiger partial charge < -0.3 is 24.8 Å². The third-order valence-corrected chi connectivity index (χ3v) is 6.31. The van der Waals surface area contributed by atoms with Crippen LogP contribution >= 0.6 is 0 Å². The van der Waals surface area contributed by atoms with Crippen molar-refractivity contribution in [2.45, 2.75) is 0 Å². The summed E-state index contributed by atoms with van der Waals surface area (Å²) >= 11 is 0. The predicted molar refractivity (Wildman–Crippen MR) is 140 cm³/mol. The van der Waals surface area contributed by atoms with Crippen molar-refractivity contribution in [1.29, 1.82) is 0 Å². The summed E-state index contributed by atoms with van der Waals surface area (Å²) < 4.78 is 21.0. The van der Waals surface area contributed by atoms with Gasteiger partial charge in [0.25, 0.3) is 0 Å². The van der Waals surface area contributed by atoms with Crippen LogP contribution in [0.1, 0.15) is 5.56 Å². The Morgan fingerprint density at radius 1 is 1.06 bits per heavy atom. The van der Waals surface area contributed by atoms with Crippen LogP contribution in [0.25, 0.3) is 11.1 Å². The van der Waals surface area contributed by atoms with Crippen molar-refractivity contribution in [2.75, 3.05) is 69.9 Å². The zero-order chi connectivity index (χ0) is 24.2. The number of piperazine rings is 1. The fourth-order valence-electron chi connectivity index (χ4n) is 4.46. The minimum atomic E-state index is -0.310. The van der Waals surface area contributed by atoms with E-state index in [1.54, 1.807) is 6.07 Å². The zero-order valence-electron chi connectivity index (χ0n) is 20.2. The average molecular weight is 475 g/mol. The van der Waals surface area contributed by atoms with Gasteiger partial charge in [0.05, 0.1) is 17.6 Å². The van der Waals surface area contributed by atoms with Crippen LogP contribution in [-0.4, -0.2) is 76.2 Å². The largest absolute Gasteiger partial charge is 0.492 e. The van der Waals surface area contributed by atoms with Crippen molar-refractivity contribution in [3.05, 3.63) is 66.1 Å². The summed E-state index contributed by atoms with van der Waals surface area (Å²) in [5, 5.41) is 3.37. The number of likely N-dealkylation sites (N-methyl/N-ethyl adjacent to an activating group) is 1. The number of ether oxygens (including phenoxy) is 1. The first-order valence-electron chi connectivity index (χ1n) is 12.0. The van der Waals surface area contributed by atoms with E-state index in [1.807, 2.05) is 55.7 Å². The van der Waals surface area contributed by atoms with Crippen molar-refractivity contribution < 1.29 is 9.13 Å². The minimum absolute atomic E-state index is 0.310. The topological polar surface area (TPSA) is 56.2 Å². The third kappa shape index (κ3) is 5.13. The van der Waals surface area contributed by atoms with Crippen LogP contribution in [0.3, 0.4) is 0 Å². The number of benzene rings is 2. The molecule has 35 heavy (non-hydrogen) atoms. The Morgan fingerprint density at radius 2 is 1.91 bits per heavy atom. The molecule has 3 aromatic rings. The number of anilines is 3. The number of fused-ring (bicyclic) bond motifs is 1. The number of pyridine rings is 1. The molecule has 0 bridgehead atoms. The first-order valence-corrected chi connectivity index (χ1v) is 12.0. The molecule has 2 aliphatic heterocycles. The molecule has 8 heteroatoms. The molecule has 1 N–H and O–H groups in total. The van der Waals surface area contributed by atoms with Gasteiger partial charge in [-0.05, 0) is 38.4 Å². The van der Waals surface area contributed by atoms with Crippen LogP contribution in [0.15, 0.2) is 59.7 Å². The van der Waals surface area contributed by atoms with E-state index in [-0.39, 0.29) is 5.82 Å². The van der Waals surface area contributed by atoms with E-state index in [9.17, 15) is 0 Å². The summed E-state index contributed by atoms with van der Waals surface area (Å²) in [6.45, 7) is 5.55. The molecule has 0 saturated carbocycles. The fourth-order valence-corrected chi connectivity index (χ4v) is 4.46. The fraction of sp³-hybridized carbons (Fsp3) is 0.333. The van der Waals surface area contributed by atoms with Gasteiger partial charge in [-0.1, -0.05) is 18.2 Å². The number of aromatic nitrogens is 1. The highest BCUT2D eigenvalue weighted by Crippen LogP contribution is 2.40. The zero-order valence-corrected chi connectivity index (χ0v) is 20.2. The molecule has 5 rings (SSSR count). The Kier molecular flexibility index (Phi) is 6.92. The lowest BCUT2D eigenvalue weighted by atomic mass is 9.98. The van der Waals surface area contributed by atoms with Crippen molar-refractivity contribution in [3.63, 3.8) is 0 Å². The maximum absolute atomic E-state index is 15.3. The lowest BCUT2D eigenvalue weighted by molar-refractivity contribution is 0.260. The van der Waals surface area contributed by atoms with Gasteiger partial charge in [0.15, 0.2) is 0 Å². The van der Waals surface area contributed by atoms with Gasteiger partial charge in [-0.15, -0.1) is 0 Å². The molecule has 0 unspecified atom stereocenters. The van der Waals surface area contributed by atoms with E-state index in [4.69, 9.17) is 9.72 Å². The SMILES string of the molecule is CN(C)CCOc1ccc(-c2cccc3c2N(c2ccc(N4CCNCC4)nc2)CN=C3)c(F)c1. The molecule has 0 radical (unpaired) electrons. The van der Waals surface area contributed by atoms with Crippen molar-refractivity contribution in [1.82, 2.24) is 15.2 Å². The molecule has 1 aromatic heterocycles. The Bertz CT molecular complexity index is 1190. The highest BCUT2D eigenvalue weighted by molar-refractivity contribution is 5.98. The molecule has 2 aliphatic rings. The Hall–Kier alpha value is -3.49. The minimum Gasteiger partial charge on any atom is -0.492 e. The van der Waals surface area contributed by atoms with Gasteiger partial charge in [0, 0.05) is 61.7 Å². The second-order valence-electron chi connectivity index (χ2n) is 9.03. The maximum Gasteiger partial charge on any atom is 0.134 e. The van der Waals surface area contributed by atoms with Crippen molar-refractivity contribution in [2.24, 2.45) is 4.99 Å². The van der Waals surface area contributed by atoms with Crippen LogP contribution < -0.4 is 19.9 Å². The lowest BCUT2D eigenvalue weighted by Gasteiger charge is -2.31. The van der Waals surface area contributed by atoms with E-state index in [0.29, 0.717) is 24.6 Å². The molecule has 2 aromatic carbocycles. The first-order chi connectivity index (χ1) is 17.1. The first kappa shape index (κ1) is 23.3. The molecule has 0 spiro atoms. The van der Waals surface area contributed by atoms with E-state index in [1.165, 1.54) is 6.07 Å². The highest BCUT2D eigenvalue weighted by Gasteiger charge is 2.23. The molecular weight excluding hydrogens is 443 g/mol.